The molecular weight excluding hydrogens is 276 g/mol. The third-order valence-electron chi connectivity index (χ3n) is 3.48. The summed E-state index contributed by atoms with van der Waals surface area (Å²) in [5.41, 5.74) is 1.24. The highest BCUT2D eigenvalue weighted by atomic mass is 32.2. The van der Waals surface area contributed by atoms with Crippen molar-refractivity contribution in [1.29, 1.82) is 0 Å². The van der Waals surface area contributed by atoms with E-state index in [4.69, 9.17) is 0 Å². The van der Waals surface area contributed by atoms with Gasteiger partial charge in [0.15, 0.2) is 0 Å². The lowest BCUT2D eigenvalue weighted by molar-refractivity contribution is -0.544. The van der Waals surface area contributed by atoms with E-state index in [-0.39, 0.29) is 6.29 Å². The molecule has 2 aromatic rings. The van der Waals surface area contributed by atoms with E-state index in [1.54, 1.807) is 6.20 Å². The number of pyridine rings is 1. The van der Waals surface area contributed by atoms with Gasteiger partial charge in [-0.15, -0.1) is 4.98 Å². The lowest BCUT2D eigenvalue weighted by Gasteiger charge is -2.35. The fourth-order valence-electron chi connectivity index (χ4n) is 2.64. The number of rotatable bonds is 3. The van der Waals surface area contributed by atoms with Crippen LogP contribution in [0.25, 0.3) is 11.2 Å². The summed E-state index contributed by atoms with van der Waals surface area (Å²) >= 11 is 1.97. The minimum Gasteiger partial charge on any atom is -0.263 e. The van der Waals surface area contributed by atoms with Crippen LogP contribution >= 0.6 is 11.8 Å². The van der Waals surface area contributed by atoms with E-state index in [9.17, 15) is 4.91 Å². The average Bonchev–Trinajstić information content (AvgIpc) is 2.78. The van der Waals surface area contributed by atoms with Gasteiger partial charge in [0.25, 0.3) is 0 Å². The lowest BCUT2D eigenvalue weighted by Crippen LogP contribution is -2.46. The summed E-state index contributed by atoms with van der Waals surface area (Å²) in [5.74, 6) is 2.25. The average molecular weight is 295 g/mol. The number of thioether (sulfide) groups is 1. The second-order valence-electron chi connectivity index (χ2n) is 5.07. The van der Waals surface area contributed by atoms with Gasteiger partial charge in [0.1, 0.15) is 6.20 Å². The third kappa shape index (κ3) is 2.34. The largest absolute Gasteiger partial charge is 0.367 e. The first-order valence-electron chi connectivity index (χ1n) is 6.64. The van der Waals surface area contributed by atoms with Gasteiger partial charge in [-0.25, -0.2) is 0 Å². The molecule has 1 aliphatic heterocycles. The van der Waals surface area contributed by atoms with Crippen LogP contribution in [0.4, 0.5) is 0 Å². The molecule has 1 atom stereocenters. The maximum Gasteiger partial charge on any atom is 0.367 e. The number of aromatic amines is 1. The Balaban J connectivity index is 2.07. The number of hydrogen-bond acceptors (Lipinski definition) is 5. The molecule has 1 fully saturated rings. The van der Waals surface area contributed by atoms with Gasteiger partial charge in [-0.3, -0.25) is 9.80 Å². The second kappa shape index (κ2) is 5.55. The highest BCUT2D eigenvalue weighted by Crippen LogP contribution is 2.22. The Labute approximate surface area is 121 Å². The molecule has 0 spiro atoms. The minimum absolute atomic E-state index is 0.00204. The molecule has 0 saturated carbocycles. The molecular formula is C12H19N6OS+. The maximum atomic E-state index is 11.9. The molecule has 20 heavy (non-hydrogen) atoms. The van der Waals surface area contributed by atoms with Crippen LogP contribution in [-0.4, -0.2) is 63.4 Å². The molecule has 3 heterocycles. The van der Waals surface area contributed by atoms with Gasteiger partial charge in [-0.1, -0.05) is 10.1 Å². The Morgan fingerprint density at radius 3 is 2.90 bits per heavy atom. The van der Waals surface area contributed by atoms with Crippen LogP contribution in [0.15, 0.2) is 18.3 Å². The van der Waals surface area contributed by atoms with Crippen molar-refractivity contribution in [3.05, 3.63) is 23.2 Å². The Morgan fingerprint density at radius 2 is 2.20 bits per heavy atom. The summed E-state index contributed by atoms with van der Waals surface area (Å²) in [6.45, 7) is 2.03. The van der Waals surface area contributed by atoms with E-state index in [0.717, 1.165) is 34.7 Å². The molecule has 1 aliphatic rings. The van der Waals surface area contributed by atoms with Gasteiger partial charge in [0, 0.05) is 24.6 Å². The zero-order valence-electron chi connectivity index (χ0n) is 11.7. The van der Waals surface area contributed by atoms with Crippen molar-refractivity contribution in [1.82, 2.24) is 24.7 Å². The molecule has 0 aliphatic carbocycles. The van der Waals surface area contributed by atoms with Crippen molar-refractivity contribution in [3.8, 4) is 0 Å². The quantitative estimate of drug-likeness (QED) is 0.828. The van der Waals surface area contributed by atoms with Crippen molar-refractivity contribution >= 4 is 22.9 Å². The summed E-state index contributed by atoms with van der Waals surface area (Å²) in [6.07, 6.45) is 1.63. The van der Waals surface area contributed by atoms with Crippen molar-refractivity contribution in [2.45, 2.75) is 6.29 Å². The van der Waals surface area contributed by atoms with Crippen molar-refractivity contribution in [2.75, 3.05) is 38.7 Å². The van der Waals surface area contributed by atoms with E-state index in [0.29, 0.717) is 5.65 Å². The highest BCUT2D eigenvalue weighted by Gasteiger charge is 2.30. The van der Waals surface area contributed by atoms with Gasteiger partial charge in [-0.05, 0) is 26.2 Å². The summed E-state index contributed by atoms with van der Waals surface area (Å²) in [6, 6.07) is 3.77. The molecule has 3 rings (SSSR count). The first-order chi connectivity index (χ1) is 9.68. The van der Waals surface area contributed by atoms with Crippen molar-refractivity contribution in [2.24, 2.45) is 0 Å². The predicted molar refractivity (Wildman–Crippen MR) is 79.1 cm³/mol. The van der Waals surface area contributed by atoms with Gasteiger partial charge < -0.3 is 0 Å². The summed E-state index contributed by atoms with van der Waals surface area (Å²) < 4.78 is 2.62. The first kappa shape index (κ1) is 13.6. The molecule has 8 heteroatoms. The van der Waals surface area contributed by atoms with Crippen LogP contribution in [0, 0.1) is 4.91 Å². The summed E-state index contributed by atoms with van der Waals surface area (Å²) in [7, 11) is 4.05. The molecule has 0 aromatic carbocycles. The smallest absolute Gasteiger partial charge is 0.263 e. The number of nitrogens with one attached hydrogen (secondary N) is 1. The maximum absolute atomic E-state index is 11.9. The van der Waals surface area contributed by atoms with Crippen molar-refractivity contribution in [3.63, 3.8) is 0 Å². The van der Waals surface area contributed by atoms with E-state index < -0.39 is 0 Å². The van der Waals surface area contributed by atoms with Gasteiger partial charge >= 0.3 is 5.65 Å². The molecule has 1 unspecified atom stereocenters. The zero-order valence-corrected chi connectivity index (χ0v) is 12.5. The van der Waals surface area contributed by atoms with Crippen molar-refractivity contribution < 1.29 is 4.54 Å². The molecule has 2 aromatic heterocycles. The minimum atomic E-state index is -0.00204. The SMILES string of the molecule is CN(C)C(N1CCSCC1)n1[nH][n+](=O)c2ncccc21. The number of aromatic nitrogens is 4. The number of hydrogen-bond donors (Lipinski definition) is 1. The molecule has 1 saturated heterocycles. The Kier molecular flexibility index (Phi) is 3.77. The summed E-state index contributed by atoms with van der Waals surface area (Å²) in [4.78, 5) is 20.6. The highest BCUT2D eigenvalue weighted by molar-refractivity contribution is 7.99. The monoisotopic (exact) mass is 295 g/mol. The normalized spacial score (nSPS) is 18.8. The Bertz CT molecular complexity index is 645. The van der Waals surface area contributed by atoms with E-state index in [2.05, 4.69) is 20.0 Å². The lowest BCUT2D eigenvalue weighted by atomic mass is 10.4. The third-order valence-corrected chi connectivity index (χ3v) is 4.42. The van der Waals surface area contributed by atoms with Crippen LogP contribution in [0.3, 0.4) is 0 Å². The van der Waals surface area contributed by atoms with Crippen LogP contribution < -0.4 is 4.54 Å². The first-order valence-corrected chi connectivity index (χ1v) is 7.80. The molecule has 1 N–H and O–H groups in total. The zero-order chi connectivity index (χ0) is 14.1. The van der Waals surface area contributed by atoms with Crippen LogP contribution in [0.2, 0.25) is 0 Å². The predicted octanol–water partition coefficient (Wildman–Crippen LogP) is 0.345. The number of H-pyrrole nitrogens is 1. The molecule has 0 amide bonds. The van der Waals surface area contributed by atoms with Gasteiger partial charge in [0.2, 0.25) is 11.8 Å². The molecule has 7 nitrogen and oxygen atoms in total. The molecule has 108 valence electrons. The topological polar surface area (TPSA) is 63.1 Å². The summed E-state index contributed by atoms with van der Waals surface area (Å²) in [5, 5.41) is 2.86. The van der Waals surface area contributed by atoms with E-state index >= 15 is 0 Å². The van der Waals surface area contributed by atoms with Gasteiger partial charge in [0.05, 0.1) is 4.54 Å². The molecule has 0 radical (unpaired) electrons. The van der Waals surface area contributed by atoms with Gasteiger partial charge in [-0.2, -0.15) is 16.4 Å². The fourth-order valence-corrected chi connectivity index (χ4v) is 3.57. The number of nitrogens with zero attached hydrogens (tertiary/aromatic N) is 5. The van der Waals surface area contributed by atoms with Crippen LogP contribution in [0.5, 0.6) is 0 Å². The standard InChI is InChI=1S/C12H19N6OS/c1-15(2)12(16-6-8-20-9-7-16)17-10-4-3-5-13-11(10)18(19)14-17/h3-5,12H,6-9H2,1-2H3,(H,14,19)/q+1. The second-order valence-corrected chi connectivity index (χ2v) is 6.29. The molecule has 0 bridgehead atoms. The van der Waals surface area contributed by atoms with Crippen LogP contribution in [-0.2, 0) is 0 Å². The number of fused-ring (bicyclic) bond motifs is 1. The fraction of sp³-hybridized carbons (Fsp3) is 0.583. The van der Waals surface area contributed by atoms with E-state index in [1.807, 2.05) is 42.7 Å². The van der Waals surface area contributed by atoms with E-state index in [1.165, 1.54) is 0 Å². The Morgan fingerprint density at radius 1 is 1.45 bits per heavy atom. The Hall–Kier alpha value is -1.38. The van der Waals surface area contributed by atoms with Crippen LogP contribution in [0.1, 0.15) is 6.29 Å².